The third-order valence-electron chi connectivity index (χ3n) is 0.551. The van der Waals surface area contributed by atoms with Crippen LogP contribution in [0.2, 0.25) is 0 Å². The lowest BCUT2D eigenvalue weighted by molar-refractivity contribution is 0.239. The van der Waals surface area contributed by atoms with Gasteiger partial charge in [0.25, 0.3) is 0 Å². The fourth-order valence-corrected chi connectivity index (χ4v) is 0.304. The Bertz CT molecular complexity index is 81.4. The van der Waals surface area contributed by atoms with Crippen molar-refractivity contribution in [2.75, 3.05) is 0 Å². The number of rotatable bonds is 1. The topological polar surface area (TPSA) is 67.2 Å². The number of urea groups is 1. The molecular weight excluding hydrogens is 106 g/mol. The molecule has 4 nitrogen and oxygen atoms in total. The highest BCUT2D eigenvalue weighted by Crippen LogP contribution is 1.72. The second-order valence-electron chi connectivity index (χ2n) is 1.77. The summed E-state index contributed by atoms with van der Waals surface area (Å²) in [5.41, 5.74) is 1.95. The van der Waals surface area contributed by atoms with Crippen molar-refractivity contribution in [2.24, 2.45) is 5.84 Å². The summed E-state index contributed by atoms with van der Waals surface area (Å²) in [4.78, 5) is 10.3. The molecule has 4 N–H and O–H groups in total. The minimum atomic E-state index is -0.347. The van der Waals surface area contributed by atoms with Crippen LogP contribution in [-0.2, 0) is 0 Å². The van der Waals surface area contributed by atoms with Crippen LogP contribution in [0.4, 0.5) is 4.79 Å². The van der Waals surface area contributed by atoms with Crippen LogP contribution in [0.3, 0.4) is 0 Å². The number of hydrazine groups is 1. The highest BCUT2D eigenvalue weighted by molar-refractivity contribution is 5.73. The van der Waals surface area contributed by atoms with E-state index in [2.05, 4.69) is 5.32 Å². The van der Waals surface area contributed by atoms with Crippen molar-refractivity contribution in [3.05, 3.63) is 0 Å². The lowest BCUT2D eigenvalue weighted by atomic mass is 10.4. The summed E-state index contributed by atoms with van der Waals surface area (Å²) in [7, 11) is 0. The van der Waals surface area contributed by atoms with Crippen molar-refractivity contribution in [2.45, 2.75) is 19.9 Å². The molecule has 2 amide bonds. The number of nitrogens with two attached hydrogens (primary N) is 1. The van der Waals surface area contributed by atoms with Crippen molar-refractivity contribution in [3.63, 3.8) is 0 Å². The molecule has 0 aliphatic rings. The van der Waals surface area contributed by atoms with Crippen molar-refractivity contribution in [3.8, 4) is 0 Å². The highest BCUT2D eigenvalue weighted by atomic mass is 16.2. The number of carbonyl (C=O) groups excluding carboxylic acids is 1. The lowest BCUT2D eigenvalue weighted by Gasteiger charge is -2.05. The van der Waals surface area contributed by atoms with Gasteiger partial charge >= 0.3 is 6.03 Å². The minimum Gasteiger partial charge on any atom is -0.335 e. The van der Waals surface area contributed by atoms with Gasteiger partial charge < -0.3 is 5.32 Å². The van der Waals surface area contributed by atoms with Crippen LogP contribution < -0.4 is 16.6 Å². The van der Waals surface area contributed by atoms with Crippen molar-refractivity contribution in [1.82, 2.24) is 10.7 Å². The summed E-state index contributed by atoms with van der Waals surface area (Å²) in [5.74, 6) is 4.76. The molecule has 4 heteroatoms. The molecule has 0 aromatic carbocycles. The molecule has 0 aliphatic carbocycles. The molecule has 0 saturated carbocycles. The molecule has 0 radical (unpaired) electrons. The zero-order chi connectivity index (χ0) is 6.57. The van der Waals surface area contributed by atoms with E-state index in [1.807, 2.05) is 19.3 Å². The zero-order valence-corrected chi connectivity index (χ0v) is 5.06. The maximum absolute atomic E-state index is 10.3. The Balaban J connectivity index is 3.25. The van der Waals surface area contributed by atoms with Crippen LogP contribution in [0, 0.1) is 0 Å². The fourth-order valence-electron chi connectivity index (χ4n) is 0.304. The van der Waals surface area contributed by atoms with Crippen molar-refractivity contribution in [1.29, 1.82) is 0 Å². The van der Waals surface area contributed by atoms with E-state index in [0.29, 0.717) is 0 Å². The van der Waals surface area contributed by atoms with Crippen LogP contribution in [-0.4, -0.2) is 12.1 Å². The largest absolute Gasteiger partial charge is 0.335 e. The summed E-state index contributed by atoms with van der Waals surface area (Å²) >= 11 is 0. The maximum Gasteiger partial charge on any atom is 0.329 e. The predicted molar refractivity (Wildman–Crippen MR) is 31.0 cm³/mol. The normalized spacial score (nSPS) is 9.00. The van der Waals surface area contributed by atoms with Gasteiger partial charge in [-0.15, -0.1) is 0 Å². The monoisotopic (exact) mass is 117 g/mol. The quantitative estimate of drug-likeness (QED) is 0.248. The first-order valence-corrected chi connectivity index (χ1v) is 2.44. The van der Waals surface area contributed by atoms with Gasteiger partial charge in [-0.1, -0.05) is 0 Å². The lowest BCUT2D eigenvalue weighted by Crippen LogP contribution is -2.42. The van der Waals surface area contributed by atoms with Gasteiger partial charge in [0.2, 0.25) is 0 Å². The molecule has 0 unspecified atom stereocenters. The smallest absolute Gasteiger partial charge is 0.329 e. The second-order valence-corrected chi connectivity index (χ2v) is 1.77. The van der Waals surface area contributed by atoms with Crippen LogP contribution in [0.5, 0.6) is 0 Å². The first-order valence-electron chi connectivity index (χ1n) is 2.44. The first-order chi connectivity index (χ1) is 3.66. The molecule has 0 aromatic heterocycles. The Morgan fingerprint density at radius 1 is 1.62 bits per heavy atom. The molecule has 0 aliphatic heterocycles. The third kappa shape index (κ3) is 3.42. The van der Waals surface area contributed by atoms with E-state index in [0.717, 1.165) is 0 Å². The van der Waals surface area contributed by atoms with E-state index in [1.54, 1.807) is 0 Å². The van der Waals surface area contributed by atoms with Crippen molar-refractivity contribution < 1.29 is 4.79 Å². The fraction of sp³-hybridized carbons (Fsp3) is 0.750. The van der Waals surface area contributed by atoms with Gasteiger partial charge in [0, 0.05) is 6.04 Å². The van der Waals surface area contributed by atoms with Crippen LogP contribution in [0.25, 0.3) is 0 Å². The SMILES string of the molecule is CC(C)NC(=O)NN. The molecule has 0 bridgehead atoms. The number of nitrogens with one attached hydrogen (secondary N) is 2. The molecule has 0 spiro atoms. The van der Waals surface area contributed by atoms with Gasteiger partial charge in [0.15, 0.2) is 0 Å². The number of hydrogen-bond donors (Lipinski definition) is 3. The average Bonchev–Trinajstić information content (AvgIpc) is 1.65. The summed E-state index contributed by atoms with van der Waals surface area (Å²) in [6, 6.07) is -0.210. The van der Waals surface area contributed by atoms with Gasteiger partial charge in [-0.3, -0.25) is 5.43 Å². The Kier molecular flexibility index (Phi) is 2.95. The van der Waals surface area contributed by atoms with E-state index < -0.39 is 0 Å². The van der Waals surface area contributed by atoms with Gasteiger partial charge in [-0.05, 0) is 13.8 Å². The van der Waals surface area contributed by atoms with E-state index >= 15 is 0 Å². The van der Waals surface area contributed by atoms with Gasteiger partial charge in [0.05, 0.1) is 0 Å². The average molecular weight is 117 g/mol. The molecule has 0 atom stereocenters. The Hall–Kier alpha value is -0.770. The minimum absolute atomic E-state index is 0.138. The number of hydrogen-bond acceptors (Lipinski definition) is 2. The number of carbonyl (C=O) groups is 1. The molecule has 0 fully saturated rings. The van der Waals surface area contributed by atoms with Gasteiger partial charge in [-0.2, -0.15) is 0 Å². The predicted octanol–water partition coefficient (Wildman–Crippen LogP) is -0.432. The summed E-state index contributed by atoms with van der Waals surface area (Å²) in [5, 5.41) is 2.52. The molecule has 0 aromatic rings. The van der Waals surface area contributed by atoms with Gasteiger partial charge in [0.1, 0.15) is 0 Å². The summed E-state index contributed by atoms with van der Waals surface area (Å²) < 4.78 is 0. The third-order valence-corrected chi connectivity index (χ3v) is 0.551. The number of amides is 2. The zero-order valence-electron chi connectivity index (χ0n) is 5.06. The standard InChI is InChI=1S/C4H11N3O/c1-3(2)6-4(8)7-5/h3H,5H2,1-2H3,(H2,6,7,8). The van der Waals surface area contributed by atoms with Crippen LogP contribution in [0.15, 0.2) is 0 Å². The second kappa shape index (κ2) is 3.26. The molecule has 0 saturated heterocycles. The van der Waals surface area contributed by atoms with Crippen molar-refractivity contribution >= 4 is 6.03 Å². The Morgan fingerprint density at radius 2 is 2.12 bits per heavy atom. The van der Waals surface area contributed by atoms with Gasteiger partial charge in [-0.25, -0.2) is 10.6 Å². The van der Waals surface area contributed by atoms with Crippen LogP contribution >= 0.6 is 0 Å². The van der Waals surface area contributed by atoms with E-state index in [-0.39, 0.29) is 12.1 Å². The van der Waals surface area contributed by atoms with E-state index in [4.69, 9.17) is 5.84 Å². The van der Waals surface area contributed by atoms with E-state index in [9.17, 15) is 4.79 Å². The highest BCUT2D eigenvalue weighted by Gasteiger charge is 1.95. The molecule has 0 rings (SSSR count). The molecule has 0 heterocycles. The maximum atomic E-state index is 10.3. The summed E-state index contributed by atoms with van der Waals surface area (Å²) in [6.45, 7) is 3.71. The Labute approximate surface area is 48.4 Å². The molecule has 48 valence electrons. The Morgan fingerprint density at radius 3 is 2.25 bits per heavy atom. The summed E-state index contributed by atoms with van der Waals surface area (Å²) in [6.07, 6.45) is 0. The molecule has 8 heavy (non-hydrogen) atoms. The van der Waals surface area contributed by atoms with E-state index in [1.165, 1.54) is 0 Å². The van der Waals surface area contributed by atoms with Crippen LogP contribution in [0.1, 0.15) is 13.8 Å². The molecular formula is C4H11N3O. The first kappa shape index (κ1) is 7.23.